The Morgan fingerprint density at radius 2 is 1.25 bits per heavy atom. The van der Waals surface area contributed by atoms with E-state index in [1.165, 1.54) is 0 Å². The lowest BCUT2D eigenvalue weighted by atomic mass is 11.0. The van der Waals surface area contributed by atoms with Crippen molar-refractivity contribution < 1.29 is 0 Å². The summed E-state index contributed by atoms with van der Waals surface area (Å²) in [6, 6.07) is 0. The van der Waals surface area contributed by atoms with Crippen molar-refractivity contribution in [1.29, 1.82) is 0 Å². The average Bonchev–Trinajstić information content (AvgIpc) is 1.71. The fourth-order valence-electron chi connectivity index (χ4n) is 0. The molecule has 0 nitrogen and oxygen atoms in total. The zero-order valence-electron chi connectivity index (χ0n) is 4.72. The van der Waals surface area contributed by atoms with Crippen LogP contribution in [-0.4, -0.2) is 7.47 Å². The number of alkyl halides is 4. The molecule has 0 bridgehead atoms. The Morgan fingerprint density at radius 1 is 1.12 bits per heavy atom. The van der Waals surface area contributed by atoms with Crippen LogP contribution in [0.3, 0.4) is 0 Å². The van der Waals surface area contributed by atoms with Crippen molar-refractivity contribution in [2.75, 3.05) is 5.33 Å². The lowest BCUT2D eigenvalue weighted by Crippen LogP contribution is -1.97. The van der Waals surface area contributed by atoms with Crippen LogP contribution in [0.1, 0.15) is 13.8 Å². The fraction of sp³-hybridized carbons (Fsp3) is 1.00. The summed E-state index contributed by atoms with van der Waals surface area (Å²) in [6.07, 6.45) is 0. The van der Waals surface area contributed by atoms with Crippen molar-refractivity contribution in [1.82, 2.24) is 0 Å². The van der Waals surface area contributed by atoms with Crippen LogP contribution in [-0.2, 0) is 0 Å². The first-order valence-electron chi connectivity index (χ1n) is 2.19. The summed E-state index contributed by atoms with van der Waals surface area (Å²) in [5.41, 5.74) is 0. The highest BCUT2D eigenvalue weighted by Crippen LogP contribution is 2.34. The van der Waals surface area contributed by atoms with Gasteiger partial charge in [-0.2, -0.15) is 0 Å². The fourth-order valence-corrected chi connectivity index (χ4v) is 0. The van der Waals surface area contributed by atoms with Crippen molar-refractivity contribution in [2.24, 2.45) is 0 Å². The highest BCUT2D eigenvalue weighted by molar-refractivity contribution is 9.40. The van der Waals surface area contributed by atoms with Crippen LogP contribution in [0.5, 0.6) is 0 Å². The molecule has 0 aliphatic carbocycles. The molecule has 0 aromatic heterocycles. The van der Waals surface area contributed by atoms with Gasteiger partial charge in [-0.3, -0.25) is 0 Å². The monoisotopic (exact) mass is 372 g/mol. The maximum absolute atomic E-state index is 3.26. The van der Waals surface area contributed by atoms with Gasteiger partial charge in [-0.15, -0.1) is 0 Å². The Morgan fingerprint density at radius 3 is 1.25 bits per heavy atom. The number of hydrogen-bond acceptors (Lipinski definition) is 0. The maximum Gasteiger partial charge on any atom is 0.144 e. The van der Waals surface area contributed by atoms with E-state index in [0.717, 1.165) is 5.33 Å². The number of halogens is 4. The molecule has 0 atom stereocenters. The minimum absolute atomic E-state index is 0.104. The zero-order valence-corrected chi connectivity index (χ0v) is 11.1. The van der Waals surface area contributed by atoms with E-state index < -0.39 is 0 Å². The molecule has 52 valence electrons. The summed E-state index contributed by atoms with van der Waals surface area (Å²) in [5, 5.41) is 0.833. The Labute approximate surface area is 84.3 Å². The van der Waals surface area contributed by atoms with Crippen LogP contribution >= 0.6 is 63.7 Å². The molecular weight excluding hydrogens is 368 g/mol. The summed E-state index contributed by atoms with van der Waals surface area (Å²) in [6.45, 7) is 4.00. The predicted octanol–water partition coefficient (Wildman–Crippen LogP) is 4.25. The molecule has 0 unspecified atom stereocenters. The second-order valence-corrected chi connectivity index (χ2v) is 8.56. The first-order chi connectivity index (χ1) is 3.56. The quantitative estimate of drug-likeness (QED) is 0.555. The largest absolute Gasteiger partial charge is 0.144 e. The van der Waals surface area contributed by atoms with E-state index in [4.69, 9.17) is 0 Å². The van der Waals surface area contributed by atoms with Gasteiger partial charge in [0.05, 0.1) is 0 Å². The molecule has 4 heteroatoms. The van der Waals surface area contributed by atoms with Gasteiger partial charge in [0.2, 0.25) is 0 Å². The molecule has 0 N–H and O–H groups in total. The zero-order chi connectivity index (χ0) is 7.21. The smallest absolute Gasteiger partial charge is 0.0894 e. The van der Waals surface area contributed by atoms with Gasteiger partial charge >= 0.3 is 0 Å². The molecule has 0 heterocycles. The molecule has 0 aromatic rings. The van der Waals surface area contributed by atoms with Gasteiger partial charge in [0.1, 0.15) is 2.14 Å². The van der Waals surface area contributed by atoms with Crippen molar-refractivity contribution in [2.45, 2.75) is 16.0 Å². The third-order valence-electron chi connectivity index (χ3n) is 0.152. The minimum Gasteiger partial charge on any atom is -0.0894 e. The second-order valence-electron chi connectivity index (χ2n) is 0.749. The average molecular weight is 376 g/mol. The van der Waals surface area contributed by atoms with Gasteiger partial charge in [-0.1, -0.05) is 77.6 Å². The van der Waals surface area contributed by atoms with Crippen LogP contribution in [0.4, 0.5) is 0 Å². The molecule has 0 aliphatic rings. The van der Waals surface area contributed by atoms with Gasteiger partial charge in [-0.25, -0.2) is 0 Å². The summed E-state index contributed by atoms with van der Waals surface area (Å²) in [4.78, 5) is 0. The molecule has 0 amide bonds. The van der Waals surface area contributed by atoms with Gasteiger partial charge in [0, 0.05) is 5.33 Å². The van der Waals surface area contributed by atoms with E-state index in [2.05, 4.69) is 63.7 Å². The van der Waals surface area contributed by atoms with Crippen LogP contribution in [0.25, 0.3) is 0 Å². The molecule has 0 fully saturated rings. The van der Waals surface area contributed by atoms with E-state index in [-0.39, 0.29) is 2.14 Å². The predicted molar refractivity (Wildman–Crippen MR) is 54.7 cm³/mol. The Hall–Kier alpha value is 1.92. The summed E-state index contributed by atoms with van der Waals surface area (Å²) >= 11 is 13.0. The minimum atomic E-state index is -0.104. The summed E-state index contributed by atoms with van der Waals surface area (Å²) in [5.74, 6) is 0. The van der Waals surface area contributed by atoms with Crippen molar-refractivity contribution in [3.05, 3.63) is 0 Å². The summed E-state index contributed by atoms with van der Waals surface area (Å²) < 4.78 is -0.104. The highest BCUT2D eigenvalue weighted by Gasteiger charge is 2.13. The molecule has 0 saturated heterocycles. The van der Waals surface area contributed by atoms with Crippen molar-refractivity contribution in [3.63, 3.8) is 0 Å². The molecule has 0 radical (unpaired) electrons. The lowest BCUT2D eigenvalue weighted by molar-refractivity contribution is 1.46. The van der Waals surface area contributed by atoms with Crippen LogP contribution < -0.4 is 0 Å². The van der Waals surface area contributed by atoms with E-state index in [9.17, 15) is 0 Å². The van der Waals surface area contributed by atoms with E-state index in [1.807, 2.05) is 13.8 Å². The van der Waals surface area contributed by atoms with Gasteiger partial charge in [-0.05, 0) is 0 Å². The van der Waals surface area contributed by atoms with Crippen LogP contribution in [0.15, 0.2) is 0 Å². The van der Waals surface area contributed by atoms with Gasteiger partial charge in [0.15, 0.2) is 0 Å². The first-order valence-corrected chi connectivity index (χ1v) is 5.69. The lowest BCUT2D eigenvalue weighted by Gasteiger charge is -2.03. The van der Waals surface area contributed by atoms with Crippen molar-refractivity contribution >= 4 is 63.7 Å². The maximum atomic E-state index is 3.26. The Kier molecular flexibility index (Phi) is 11.1. The van der Waals surface area contributed by atoms with E-state index in [1.54, 1.807) is 0 Å². The van der Waals surface area contributed by atoms with Crippen LogP contribution in [0, 0.1) is 0 Å². The second kappa shape index (κ2) is 7.03. The van der Waals surface area contributed by atoms with Gasteiger partial charge in [0.25, 0.3) is 0 Å². The standard InChI is InChI=1S/C2H2Br4.C2H6/c3-1-2(4,5)6;1-2/h1H2;1-2H3. The molecule has 0 aromatic carbocycles. The molecule has 0 spiro atoms. The summed E-state index contributed by atoms with van der Waals surface area (Å²) in [7, 11) is 0. The molecule has 0 saturated carbocycles. The number of rotatable bonds is 0. The van der Waals surface area contributed by atoms with Gasteiger partial charge < -0.3 is 0 Å². The Bertz CT molecular complexity index is 37.8. The van der Waals surface area contributed by atoms with Crippen LogP contribution in [0.2, 0.25) is 0 Å². The number of hydrogen-bond donors (Lipinski definition) is 0. The Balaban J connectivity index is 0. The SMILES string of the molecule is BrCC(Br)(Br)Br.CC. The van der Waals surface area contributed by atoms with E-state index >= 15 is 0 Å². The van der Waals surface area contributed by atoms with Crippen molar-refractivity contribution in [3.8, 4) is 0 Å². The normalized spacial score (nSPS) is 9.75. The third-order valence-corrected chi connectivity index (χ3v) is 4.09. The first kappa shape index (κ1) is 12.6. The third kappa shape index (κ3) is 15.7. The molecule has 0 rings (SSSR count). The van der Waals surface area contributed by atoms with E-state index in [0.29, 0.717) is 0 Å². The topological polar surface area (TPSA) is 0 Å². The molecule has 8 heavy (non-hydrogen) atoms. The molecule has 0 aliphatic heterocycles. The highest BCUT2D eigenvalue weighted by atomic mass is 80.0. The molecular formula is C4H8Br4.